The number of benzene rings is 2. The average molecular weight is 339 g/mol. The molecule has 25 heavy (non-hydrogen) atoms. The molecule has 2 aromatic carbocycles. The van der Waals surface area contributed by atoms with Crippen LogP contribution in [0, 0.1) is 0 Å². The summed E-state index contributed by atoms with van der Waals surface area (Å²) in [7, 11) is 1.30. The molecule has 1 aliphatic heterocycles. The van der Waals surface area contributed by atoms with Gasteiger partial charge < -0.3 is 14.4 Å². The topological polar surface area (TPSA) is 72.9 Å². The first-order valence-corrected chi connectivity index (χ1v) is 7.89. The van der Waals surface area contributed by atoms with Crippen LogP contribution in [0.15, 0.2) is 48.5 Å². The van der Waals surface area contributed by atoms with Crippen molar-refractivity contribution in [1.82, 2.24) is 0 Å². The van der Waals surface area contributed by atoms with E-state index in [1.54, 1.807) is 29.2 Å². The van der Waals surface area contributed by atoms with Gasteiger partial charge in [0.2, 0.25) is 5.91 Å². The monoisotopic (exact) mass is 339 g/mol. The SMILES string of the molecule is COC(=O)c1ccc(OC(=O)c2cccc(N3CCCC3=O)c2)cc1. The van der Waals surface area contributed by atoms with Crippen LogP contribution in [0.4, 0.5) is 5.69 Å². The van der Waals surface area contributed by atoms with Crippen LogP contribution in [0.3, 0.4) is 0 Å². The number of hydrogen-bond acceptors (Lipinski definition) is 5. The second-order valence-corrected chi connectivity index (χ2v) is 5.60. The summed E-state index contributed by atoms with van der Waals surface area (Å²) in [4.78, 5) is 37.2. The van der Waals surface area contributed by atoms with Crippen LogP contribution in [0.1, 0.15) is 33.6 Å². The van der Waals surface area contributed by atoms with Crippen LogP contribution in [0.5, 0.6) is 5.75 Å². The predicted octanol–water partition coefficient (Wildman–Crippen LogP) is 2.82. The van der Waals surface area contributed by atoms with Crippen molar-refractivity contribution in [3.63, 3.8) is 0 Å². The molecule has 0 bridgehead atoms. The van der Waals surface area contributed by atoms with Crippen LogP contribution >= 0.6 is 0 Å². The zero-order chi connectivity index (χ0) is 17.8. The number of ether oxygens (including phenoxy) is 2. The maximum atomic E-state index is 12.3. The Morgan fingerprint density at radius 1 is 1.00 bits per heavy atom. The van der Waals surface area contributed by atoms with Crippen molar-refractivity contribution in [3.05, 3.63) is 59.7 Å². The Bertz CT molecular complexity index is 813. The van der Waals surface area contributed by atoms with E-state index in [9.17, 15) is 14.4 Å². The molecular formula is C19H17NO5. The first-order valence-electron chi connectivity index (χ1n) is 7.89. The molecule has 0 N–H and O–H groups in total. The third-order valence-electron chi connectivity index (χ3n) is 3.95. The Morgan fingerprint density at radius 3 is 2.40 bits per heavy atom. The molecule has 0 radical (unpaired) electrons. The number of methoxy groups -OCH3 is 1. The number of carbonyl (C=O) groups excluding carboxylic acids is 3. The van der Waals surface area contributed by atoms with Gasteiger partial charge in [-0.3, -0.25) is 4.79 Å². The molecule has 1 amide bonds. The van der Waals surface area contributed by atoms with E-state index in [0.717, 1.165) is 6.42 Å². The van der Waals surface area contributed by atoms with Gasteiger partial charge in [-0.15, -0.1) is 0 Å². The molecule has 2 aromatic rings. The summed E-state index contributed by atoms with van der Waals surface area (Å²) >= 11 is 0. The Balaban J connectivity index is 1.73. The Kier molecular flexibility index (Phi) is 4.79. The lowest BCUT2D eigenvalue weighted by Gasteiger charge is -2.16. The maximum Gasteiger partial charge on any atom is 0.343 e. The number of amides is 1. The minimum absolute atomic E-state index is 0.0592. The van der Waals surface area contributed by atoms with E-state index < -0.39 is 11.9 Å². The number of carbonyl (C=O) groups is 3. The van der Waals surface area contributed by atoms with Crippen LogP contribution in [-0.4, -0.2) is 31.5 Å². The lowest BCUT2D eigenvalue weighted by molar-refractivity contribution is -0.117. The number of anilines is 1. The van der Waals surface area contributed by atoms with Crippen molar-refractivity contribution >= 4 is 23.5 Å². The zero-order valence-corrected chi connectivity index (χ0v) is 13.7. The highest BCUT2D eigenvalue weighted by molar-refractivity contribution is 5.98. The normalized spacial score (nSPS) is 13.6. The summed E-state index contributed by atoms with van der Waals surface area (Å²) in [6.45, 7) is 0.659. The van der Waals surface area contributed by atoms with Crippen molar-refractivity contribution in [2.45, 2.75) is 12.8 Å². The fraction of sp³-hybridized carbons (Fsp3) is 0.211. The largest absolute Gasteiger partial charge is 0.465 e. The van der Waals surface area contributed by atoms with Gasteiger partial charge in [0.25, 0.3) is 0 Å². The molecule has 1 aliphatic rings. The predicted molar refractivity (Wildman–Crippen MR) is 90.8 cm³/mol. The highest BCUT2D eigenvalue weighted by atomic mass is 16.5. The van der Waals surface area contributed by atoms with Gasteiger partial charge in [-0.2, -0.15) is 0 Å². The van der Waals surface area contributed by atoms with Gasteiger partial charge in [0.1, 0.15) is 5.75 Å². The van der Waals surface area contributed by atoms with Crippen molar-refractivity contribution < 1.29 is 23.9 Å². The maximum absolute atomic E-state index is 12.3. The van der Waals surface area contributed by atoms with E-state index in [-0.39, 0.29) is 5.91 Å². The molecule has 0 atom stereocenters. The van der Waals surface area contributed by atoms with Crippen LogP contribution < -0.4 is 9.64 Å². The van der Waals surface area contributed by atoms with Crippen molar-refractivity contribution in [3.8, 4) is 5.75 Å². The Hall–Kier alpha value is -3.15. The average Bonchev–Trinajstić information content (AvgIpc) is 3.07. The fourth-order valence-corrected chi connectivity index (χ4v) is 2.66. The van der Waals surface area contributed by atoms with Crippen LogP contribution in [0.2, 0.25) is 0 Å². The molecule has 0 aromatic heterocycles. The van der Waals surface area contributed by atoms with E-state index in [1.165, 1.54) is 31.4 Å². The minimum Gasteiger partial charge on any atom is -0.465 e. The number of esters is 2. The Labute approximate surface area is 145 Å². The standard InChI is InChI=1S/C19H17NO5/c1-24-18(22)13-7-9-16(10-8-13)25-19(23)14-4-2-5-15(12-14)20-11-3-6-17(20)21/h2,4-5,7-10,12H,3,6,11H2,1H3. The van der Waals surface area contributed by atoms with E-state index in [1.807, 2.05) is 0 Å². The van der Waals surface area contributed by atoms with E-state index in [4.69, 9.17) is 4.74 Å². The summed E-state index contributed by atoms with van der Waals surface area (Å²) in [5.74, 6) is -0.607. The van der Waals surface area contributed by atoms with Crippen molar-refractivity contribution in [2.75, 3.05) is 18.6 Å². The molecule has 3 rings (SSSR count). The number of hydrogen-bond donors (Lipinski definition) is 0. The first kappa shape index (κ1) is 16.7. The van der Waals surface area contributed by atoms with Gasteiger partial charge in [0.15, 0.2) is 0 Å². The molecule has 6 nitrogen and oxygen atoms in total. The molecule has 1 fully saturated rings. The highest BCUT2D eigenvalue weighted by Gasteiger charge is 2.22. The molecule has 1 saturated heterocycles. The lowest BCUT2D eigenvalue weighted by Crippen LogP contribution is -2.24. The molecule has 1 heterocycles. The smallest absolute Gasteiger partial charge is 0.343 e. The third kappa shape index (κ3) is 3.68. The first-order chi connectivity index (χ1) is 12.1. The summed E-state index contributed by atoms with van der Waals surface area (Å²) in [6, 6.07) is 12.9. The molecular weight excluding hydrogens is 322 g/mol. The molecule has 0 aliphatic carbocycles. The minimum atomic E-state index is -0.528. The number of rotatable bonds is 4. The molecule has 0 saturated carbocycles. The molecule has 0 spiro atoms. The van der Waals surface area contributed by atoms with Gasteiger partial charge in [0, 0.05) is 18.7 Å². The second-order valence-electron chi connectivity index (χ2n) is 5.60. The van der Waals surface area contributed by atoms with Gasteiger partial charge in [-0.05, 0) is 48.9 Å². The summed E-state index contributed by atoms with van der Waals surface area (Å²) < 4.78 is 9.94. The van der Waals surface area contributed by atoms with Gasteiger partial charge in [-0.1, -0.05) is 6.07 Å². The van der Waals surface area contributed by atoms with Gasteiger partial charge >= 0.3 is 11.9 Å². The lowest BCUT2D eigenvalue weighted by atomic mass is 10.2. The third-order valence-corrected chi connectivity index (χ3v) is 3.95. The molecule has 128 valence electrons. The summed E-state index contributed by atoms with van der Waals surface area (Å²) in [5, 5.41) is 0. The van der Waals surface area contributed by atoms with E-state index >= 15 is 0 Å². The summed E-state index contributed by atoms with van der Waals surface area (Å²) in [6.07, 6.45) is 1.35. The van der Waals surface area contributed by atoms with Gasteiger partial charge in [0.05, 0.1) is 18.2 Å². The van der Waals surface area contributed by atoms with Crippen LogP contribution in [-0.2, 0) is 9.53 Å². The Morgan fingerprint density at radius 2 is 1.76 bits per heavy atom. The van der Waals surface area contributed by atoms with Crippen LogP contribution in [0.25, 0.3) is 0 Å². The van der Waals surface area contributed by atoms with Crippen molar-refractivity contribution in [1.29, 1.82) is 0 Å². The molecule has 0 unspecified atom stereocenters. The van der Waals surface area contributed by atoms with Crippen molar-refractivity contribution in [2.24, 2.45) is 0 Å². The quantitative estimate of drug-likeness (QED) is 0.633. The highest BCUT2D eigenvalue weighted by Crippen LogP contribution is 2.23. The summed E-state index contributed by atoms with van der Waals surface area (Å²) in [5.41, 5.74) is 1.42. The number of nitrogens with zero attached hydrogens (tertiary/aromatic N) is 1. The molecule has 6 heteroatoms. The van der Waals surface area contributed by atoms with E-state index in [0.29, 0.717) is 35.5 Å². The second kappa shape index (κ2) is 7.17. The fourth-order valence-electron chi connectivity index (χ4n) is 2.66. The van der Waals surface area contributed by atoms with E-state index in [2.05, 4.69) is 4.74 Å². The zero-order valence-electron chi connectivity index (χ0n) is 13.7. The van der Waals surface area contributed by atoms with Gasteiger partial charge in [-0.25, -0.2) is 9.59 Å².